The number of nitrogens with zero attached hydrogens (tertiary/aromatic N) is 7. The lowest BCUT2D eigenvalue weighted by atomic mass is 10.0. The minimum atomic E-state index is 0.0239. The maximum atomic E-state index is 13.2. The van der Waals surface area contributed by atoms with Gasteiger partial charge in [0.15, 0.2) is 5.65 Å². The third kappa shape index (κ3) is 6.23. The number of carbonyl (C=O) groups excluding carboxylic acids is 2. The molecule has 2 fully saturated rings. The third-order valence-electron chi connectivity index (χ3n) is 7.40. The highest BCUT2D eigenvalue weighted by Gasteiger charge is 2.33. The van der Waals surface area contributed by atoms with Crippen molar-refractivity contribution in [3.63, 3.8) is 0 Å². The van der Waals surface area contributed by atoms with Gasteiger partial charge in [0.2, 0.25) is 5.91 Å². The Balaban J connectivity index is 1.30. The first-order chi connectivity index (χ1) is 17.6. The van der Waals surface area contributed by atoms with E-state index in [-0.39, 0.29) is 24.0 Å². The number of aromatic nitrogens is 3. The molecule has 0 aromatic carbocycles. The molecule has 1 atom stereocenters. The highest BCUT2D eigenvalue weighted by Crippen LogP contribution is 2.27. The van der Waals surface area contributed by atoms with Crippen molar-refractivity contribution in [3.8, 4) is 0 Å². The number of likely N-dealkylation sites (N-methyl/N-ethyl adjacent to an activating group) is 2. The van der Waals surface area contributed by atoms with Crippen LogP contribution in [-0.2, 0) is 4.79 Å². The molecule has 0 saturated carbocycles. The first kappa shape index (κ1) is 26.9. The van der Waals surface area contributed by atoms with Crippen molar-refractivity contribution in [1.82, 2.24) is 34.1 Å². The van der Waals surface area contributed by atoms with Crippen molar-refractivity contribution in [2.75, 3.05) is 59.2 Å². The molecule has 0 spiro atoms. The van der Waals surface area contributed by atoms with Crippen LogP contribution in [0, 0.1) is 6.92 Å². The van der Waals surface area contributed by atoms with Crippen LogP contribution in [0.25, 0.3) is 11.2 Å². The summed E-state index contributed by atoms with van der Waals surface area (Å²) >= 11 is 0. The Labute approximate surface area is 220 Å². The maximum Gasteiger partial charge on any atom is 0.320 e. The number of nitrogens with one attached hydrogen (secondary N) is 1. The van der Waals surface area contributed by atoms with Gasteiger partial charge < -0.3 is 29.5 Å². The Morgan fingerprint density at radius 1 is 1.14 bits per heavy atom. The SMILES string of the molecule is Cc1cc(NC2CCN(C(=O)N(C)C3CCN(C(=O)C=CCN(C)C)C3)CC2)c2ncn(C(C)C)c2n1. The summed E-state index contributed by atoms with van der Waals surface area (Å²) in [4.78, 5) is 42.7. The summed E-state index contributed by atoms with van der Waals surface area (Å²) < 4.78 is 2.10. The second-order valence-corrected chi connectivity index (χ2v) is 10.9. The molecule has 2 aliphatic heterocycles. The minimum Gasteiger partial charge on any atom is -0.380 e. The van der Waals surface area contributed by atoms with Crippen LogP contribution in [0.4, 0.5) is 10.5 Å². The number of anilines is 1. The van der Waals surface area contributed by atoms with Crippen LogP contribution in [0.2, 0.25) is 0 Å². The van der Waals surface area contributed by atoms with Gasteiger partial charge >= 0.3 is 6.03 Å². The molecule has 1 unspecified atom stereocenters. The largest absolute Gasteiger partial charge is 0.380 e. The van der Waals surface area contributed by atoms with Gasteiger partial charge in [0.05, 0.1) is 18.1 Å². The second-order valence-electron chi connectivity index (χ2n) is 10.9. The van der Waals surface area contributed by atoms with Gasteiger partial charge in [0.25, 0.3) is 0 Å². The monoisotopic (exact) mass is 510 g/mol. The number of amides is 3. The Bertz CT molecular complexity index is 1130. The lowest BCUT2D eigenvalue weighted by Crippen LogP contribution is -2.50. The van der Waals surface area contributed by atoms with E-state index in [0.717, 1.165) is 48.4 Å². The summed E-state index contributed by atoms with van der Waals surface area (Å²) in [6, 6.07) is 2.74. The molecule has 2 aromatic heterocycles. The summed E-state index contributed by atoms with van der Waals surface area (Å²) in [5, 5.41) is 3.68. The van der Waals surface area contributed by atoms with E-state index in [1.807, 2.05) is 60.1 Å². The zero-order valence-electron chi connectivity index (χ0n) is 23.1. The minimum absolute atomic E-state index is 0.0239. The molecule has 3 amide bonds. The number of likely N-dealkylation sites (tertiary alicyclic amines) is 2. The molecule has 4 rings (SSSR count). The Kier molecular flexibility index (Phi) is 8.36. The van der Waals surface area contributed by atoms with Gasteiger partial charge in [-0.05, 0) is 60.2 Å². The van der Waals surface area contributed by atoms with Crippen LogP contribution in [0.1, 0.15) is 44.8 Å². The molecule has 4 heterocycles. The first-order valence-corrected chi connectivity index (χ1v) is 13.4. The molecule has 0 aliphatic carbocycles. The fourth-order valence-electron chi connectivity index (χ4n) is 5.16. The zero-order valence-corrected chi connectivity index (χ0v) is 23.1. The number of carbonyl (C=O) groups is 2. The van der Waals surface area contributed by atoms with Crippen molar-refractivity contribution >= 4 is 28.8 Å². The molecule has 10 heteroatoms. The Morgan fingerprint density at radius 3 is 2.51 bits per heavy atom. The van der Waals surface area contributed by atoms with E-state index in [4.69, 9.17) is 4.98 Å². The standard InChI is InChI=1S/C27H42N8O2/c1-19(2)35-18-28-25-23(16-20(3)29-26(25)35)30-21-9-13-33(14-10-21)27(37)32(6)22-11-15-34(17-22)24(36)8-7-12-31(4)5/h7-8,16,18-19,21-22H,9-15,17H2,1-6H3,(H,29,30). The lowest BCUT2D eigenvalue weighted by Gasteiger charge is -2.37. The zero-order chi connectivity index (χ0) is 26.7. The van der Waals surface area contributed by atoms with E-state index in [2.05, 4.69) is 34.8 Å². The number of imidazole rings is 1. The summed E-state index contributed by atoms with van der Waals surface area (Å²) in [6.07, 6.45) is 7.96. The number of piperidine rings is 1. The summed E-state index contributed by atoms with van der Waals surface area (Å²) in [7, 11) is 5.82. The fourth-order valence-corrected chi connectivity index (χ4v) is 5.16. The van der Waals surface area contributed by atoms with Crippen LogP contribution >= 0.6 is 0 Å². The van der Waals surface area contributed by atoms with Crippen molar-refractivity contribution < 1.29 is 9.59 Å². The number of fused-ring (bicyclic) bond motifs is 1. The van der Waals surface area contributed by atoms with Gasteiger partial charge in [0.1, 0.15) is 5.52 Å². The van der Waals surface area contributed by atoms with Crippen LogP contribution < -0.4 is 5.32 Å². The van der Waals surface area contributed by atoms with Crippen LogP contribution in [-0.4, -0.2) is 112 Å². The average molecular weight is 511 g/mol. The fraction of sp³-hybridized carbons (Fsp3) is 0.630. The molecule has 202 valence electrons. The quantitative estimate of drug-likeness (QED) is 0.576. The number of pyridine rings is 1. The highest BCUT2D eigenvalue weighted by molar-refractivity contribution is 5.88. The summed E-state index contributed by atoms with van der Waals surface area (Å²) in [5.41, 5.74) is 3.78. The number of hydrogen-bond donors (Lipinski definition) is 1. The van der Waals surface area contributed by atoms with E-state index in [1.54, 1.807) is 6.08 Å². The van der Waals surface area contributed by atoms with Gasteiger partial charge in [-0.1, -0.05) is 6.08 Å². The summed E-state index contributed by atoms with van der Waals surface area (Å²) in [6.45, 7) is 9.70. The molecule has 2 aromatic rings. The van der Waals surface area contributed by atoms with Crippen molar-refractivity contribution in [2.24, 2.45) is 0 Å². The van der Waals surface area contributed by atoms with E-state index < -0.39 is 0 Å². The van der Waals surface area contributed by atoms with E-state index in [9.17, 15) is 9.59 Å². The molecular weight excluding hydrogens is 468 g/mol. The number of aryl methyl sites for hydroxylation is 1. The van der Waals surface area contributed by atoms with Crippen LogP contribution in [0.5, 0.6) is 0 Å². The van der Waals surface area contributed by atoms with E-state index in [1.165, 1.54) is 0 Å². The van der Waals surface area contributed by atoms with Gasteiger partial charge in [-0.3, -0.25) is 4.79 Å². The highest BCUT2D eigenvalue weighted by atomic mass is 16.2. The smallest absolute Gasteiger partial charge is 0.320 e. The van der Waals surface area contributed by atoms with Gasteiger partial charge in [-0.15, -0.1) is 0 Å². The molecule has 10 nitrogen and oxygen atoms in total. The Hall–Kier alpha value is -3.14. The topological polar surface area (TPSA) is 89.8 Å². The predicted octanol–water partition coefficient (Wildman–Crippen LogP) is 2.97. The third-order valence-corrected chi connectivity index (χ3v) is 7.40. The van der Waals surface area contributed by atoms with E-state index in [0.29, 0.717) is 32.2 Å². The maximum absolute atomic E-state index is 13.2. The van der Waals surface area contributed by atoms with Gasteiger partial charge in [-0.25, -0.2) is 14.8 Å². The second kappa shape index (κ2) is 11.5. The van der Waals surface area contributed by atoms with Crippen molar-refractivity contribution in [3.05, 3.63) is 30.2 Å². The first-order valence-electron chi connectivity index (χ1n) is 13.4. The number of hydrogen-bond acceptors (Lipinski definition) is 6. The van der Waals surface area contributed by atoms with Crippen LogP contribution in [0.3, 0.4) is 0 Å². The van der Waals surface area contributed by atoms with Gasteiger partial charge in [-0.2, -0.15) is 0 Å². The van der Waals surface area contributed by atoms with Gasteiger partial charge in [0, 0.05) is 63.6 Å². The molecule has 0 radical (unpaired) electrons. The number of urea groups is 1. The Morgan fingerprint density at radius 2 is 1.84 bits per heavy atom. The number of rotatable bonds is 7. The molecule has 1 N–H and O–H groups in total. The lowest BCUT2D eigenvalue weighted by molar-refractivity contribution is -0.125. The summed E-state index contributed by atoms with van der Waals surface area (Å²) in [5.74, 6) is 0.0239. The molecule has 0 bridgehead atoms. The average Bonchev–Trinajstić information content (AvgIpc) is 3.51. The predicted molar refractivity (Wildman–Crippen MR) is 147 cm³/mol. The molecule has 37 heavy (non-hydrogen) atoms. The normalized spacial score (nSPS) is 19.1. The molecular formula is C27H42N8O2. The van der Waals surface area contributed by atoms with Crippen LogP contribution in [0.15, 0.2) is 24.5 Å². The van der Waals surface area contributed by atoms with E-state index >= 15 is 0 Å². The van der Waals surface area contributed by atoms with Crippen molar-refractivity contribution in [1.29, 1.82) is 0 Å². The molecule has 2 aliphatic rings. The van der Waals surface area contributed by atoms with Crippen molar-refractivity contribution in [2.45, 2.75) is 58.2 Å². The molecule has 2 saturated heterocycles.